The third kappa shape index (κ3) is 4.89. The molecule has 0 unspecified atom stereocenters. The number of carbonyl (C=O) groups is 1. The molecule has 1 N–H and O–H groups in total. The highest BCUT2D eigenvalue weighted by Gasteiger charge is 2.14. The van der Waals surface area contributed by atoms with Gasteiger partial charge in [-0.25, -0.2) is 8.78 Å². The molecule has 0 aliphatic heterocycles. The molecule has 0 fully saturated rings. The van der Waals surface area contributed by atoms with E-state index in [9.17, 15) is 13.6 Å². The summed E-state index contributed by atoms with van der Waals surface area (Å²) in [7, 11) is 0. The van der Waals surface area contributed by atoms with Crippen LogP contribution in [0.2, 0.25) is 0 Å². The van der Waals surface area contributed by atoms with E-state index in [1.165, 1.54) is 12.1 Å². The Morgan fingerprint density at radius 1 is 1.03 bits per heavy atom. The van der Waals surface area contributed by atoms with Crippen LogP contribution in [0.5, 0.6) is 11.5 Å². The molecule has 3 aromatic carbocycles. The van der Waals surface area contributed by atoms with Gasteiger partial charge in [-0.1, -0.05) is 36.4 Å². The molecule has 156 valence electrons. The second-order valence-electron chi connectivity index (χ2n) is 7.32. The Balaban J connectivity index is 1.49. The van der Waals surface area contributed by atoms with Crippen LogP contribution in [0, 0.1) is 18.6 Å². The van der Waals surface area contributed by atoms with Gasteiger partial charge in [0.1, 0.15) is 23.1 Å². The van der Waals surface area contributed by atoms with Crippen molar-refractivity contribution in [3.63, 3.8) is 0 Å². The summed E-state index contributed by atoms with van der Waals surface area (Å²) in [6.45, 7) is 1.82. The lowest BCUT2D eigenvalue weighted by Gasteiger charge is -2.13. The number of halogens is 2. The number of hydrogen-bond acceptors (Lipinski definition) is 2. The van der Waals surface area contributed by atoms with Gasteiger partial charge in [0.15, 0.2) is 0 Å². The van der Waals surface area contributed by atoms with Gasteiger partial charge in [0.25, 0.3) is 5.91 Å². The summed E-state index contributed by atoms with van der Waals surface area (Å²) in [4.78, 5) is 12.7. The van der Waals surface area contributed by atoms with Crippen LogP contribution in [0.25, 0.3) is 5.57 Å². The summed E-state index contributed by atoms with van der Waals surface area (Å²) in [5.41, 5.74) is 3.69. The van der Waals surface area contributed by atoms with Crippen molar-refractivity contribution in [3.8, 4) is 11.5 Å². The van der Waals surface area contributed by atoms with E-state index in [2.05, 4.69) is 23.5 Å². The second-order valence-corrected chi connectivity index (χ2v) is 7.32. The average molecular weight is 417 g/mol. The van der Waals surface area contributed by atoms with Gasteiger partial charge in [-0.05, 0) is 66.4 Å². The van der Waals surface area contributed by atoms with Crippen LogP contribution in [0.1, 0.15) is 33.5 Å². The SMILES string of the molecule is Cc1c(Oc2cccc(C3=CCC=C3)c2)cccc1C(=O)NCc1cc(F)cc(F)c1. The molecule has 1 aliphatic rings. The van der Waals surface area contributed by atoms with Crippen molar-refractivity contribution in [2.24, 2.45) is 0 Å². The molecule has 0 saturated carbocycles. The molecule has 0 aromatic heterocycles. The molecule has 4 rings (SSSR count). The lowest BCUT2D eigenvalue weighted by atomic mass is 10.1. The van der Waals surface area contributed by atoms with E-state index in [-0.39, 0.29) is 12.5 Å². The number of amides is 1. The van der Waals surface area contributed by atoms with Gasteiger partial charge in [0, 0.05) is 23.7 Å². The summed E-state index contributed by atoms with van der Waals surface area (Å²) >= 11 is 0. The molecular formula is C26H21F2NO2. The first-order chi connectivity index (χ1) is 15.0. The predicted octanol–water partition coefficient (Wildman–Crippen LogP) is 6.34. The number of hydrogen-bond donors (Lipinski definition) is 1. The third-order valence-electron chi connectivity index (χ3n) is 5.07. The van der Waals surface area contributed by atoms with E-state index in [0.29, 0.717) is 28.2 Å². The van der Waals surface area contributed by atoms with Crippen LogP contribution in [-0.2, 0) is 6.54 Å². The Bertz CT molecular complexity index is 1180. The molecule has 0 heterocycles. The quantitative estimate of drug-likeness (QED) is 0.508. The van der Waals surface area contributed by atoms with Crippen LogP contribution in [0.4, 0.5) is 8.78 Å². The number of carbonyl (C=O) groups excluding carboxylic acids is 1. The number of ether oxygens (including phenoxy) is 1. The summed E-state index contributed by atoms with van der Waals surface area (Å²) < 4.78 is 32.8. The third-order valence-corrected chi connectivity index (χ3v) is 5.07. The fraction of sp³-hybridized carbons (Fsp3) is 0.115. The zero-order valence-electron chi connectivity index (χ0n) is 17.0. The molecule has 0 radical (unpaired) electrons. The zero-order valence-corrected chi connectivity index (χ0v) is 17.0. The van der Waals surface area contributed by atoms with E-state index >= 15 is 0 Å². The topological polar surface area (TPSA) is 38.3 Å². The van der Waals surface area contributed by atoms with Crippen molar-refractivity contribution >= 4 is 11.5 Å². The van der Waals surface area contributed by atoms with Crippen LogP contribution < -0.4 is 10.1 Å². The maximum Gasteiger partial charge on any atom is 0.251 e. The fourth-order valence-electron chi connectivity index (χ4n) is 3.50. The molecule has 1 aliphatic carbocycles. The van der Waals surface area contributed by atoms with Gasteiger partial charge in [0.05, 0.1) is 0 Å². The molecule has 3 aromatic rings. The number of rotatable bonds is 6. The summed E-state index contributed by atoms with van der Waals surface area (Å²) in [5, 5.41) is 2.70. The first-order valence-electron chi connectivity index (χ1n) is 9.97. The Labute approximate surface area is 179 Å². The molecule has 0 bridgehead atoms. The summed E-state index contributed by atoms with van der Waals surface area (Å²) in [6, 6.07) is 16.2. The van der Waals surface area contributed by atoms with Gasteiger partial charge in [-0.15, -0.1) is 0 Å². The average Bonchev–Trinajstić information content (AvgIpc) is 3.28. The highest BCUT2D eigenvalue weighted by Crippen LogP contribution is 2.30. The maximum absolute atomic E-state index is 13.4. The lowest BCUT2D eigenvalue weighted by Crippen LogP contribution is -2.23. The van der Waals surface area contributed by atoms with E-state index in [1.807, 2.05) is 24.3 Å². The maximum atomic E-state index is 13.4. The fourth-order valence-corrected chi connectivity index (χ4v) is 3.50. The van der Waals surface area contributed by atoms with Gasteiger partial charge in [-0.3, -0.25) is 4.79 Å². The minimum Gasteiger partial charge on any atom is -0.457 e. The van der Waals surface area contributed by atoms with Gasteiger partial charge >= 0.3 is 0 Å². The van der Waals surface area contributed by atoms with Crippen molar-refractivity contribution < 1.29 is 18.3 Å². The van der Waals surface area contributed by atoms with Crippen LogP contribution in [0.15, 0.2) is 78.9 Å². The number of nitrogens with one attached hydrogen (secondary N) is 1. The van der Waals surface area contributed by atoms with Crippen molar-refractivity contribution in [2.75, 3.05) is 0 Å². The van der Waals surface area contributed by atoms with Crippen molar-refractivity contribution in [2.45, 2.75) is 19.9 Å². The molecule has 5 heteroatoms. The van der Waals surface area contributed by atoms with Crippen LogP contribution in [-0.4, -0.2) is 5.91 Å². The Morgan fingerprint density at radius 2 is 1.81 bits per heavy atom. The van der Waals surface area contributed by atoms with E-state index in [4.69, 9.17) is 4.74 Å². The van der Waals surface area contributed by atoms with Gasteiger partial charge < -0.3 is 10.1 Å². The van der Waals surface area contributed by atoms with E-state index < -0.39 is 11.6 Å². The molecular weight excluding hydrogens is 396 g/mol. The molecule has 0 spiro atoms. The minimum absolute atomic E-state index is 0.0166. The zero-order chi connectivity index (χ0) is 21.8. The normalized spacial score (nSPS) is 12.5. The smallest absolute Gasteiger partial charge is 0.251 e. The Hall–Kier alpha value is -3.73. The lowest BCUT2D eigenvalue weighted by molar-refractivity contribution is 0.0950. The summed E-state index contributed by atoms with van der Waals surface area (Å²) in [5.74, 6) is -0.460. The monoisotopic (exact) mass is 417 g/mol. The minimum atomic E-state index is -0.679. The molecule has 0 saturated heterocycles. The predicted molar refractivity (Wildman–Crippen MR) is 117 cm³/mol. The van der Waals surface area contributed by atoms with E-state index in [0.717, 1.165) is 23.6 Å². The molecule has 3 nitrogen and oxygen atoms in total. The highest BCUT2D eigenvalue weighted by molar-refractivity contribution is 5.96. The first-order valence-corrected chi connectivity index (χ1v) is 9.97. The first kappa shape index (κ1) is 20.5. The van der Waals surface area contributed by atoms with Crippen molar-refractivity contribution in [1.29, 1.82) is 0 Å². The van der Waals surface area contributed by atoms with Gasteiger partial charge in [0.2, 0.25) is 0 Å². The molecule has 31 heavy (non-hydrogen) atoms. The summed E-state index contributed by atoms with van der Waals surface area (Å²) in [6.07, 6.45) is 7.27. The Kier molecular flexibility index (Phi) is 5.94. The largest absolute Gasteiger partial charge is 0.457 e. The number of benzene rings is 3. The van der Waals surface area contributed by atoms with Crippen molar-refractivity contribution in [3.05, 3.63) is 113 Å². The van der Waals surface area contributed by atoms with Gasteiger partial charge in [-0.2, -0.15) is 0 Å². The van der Waals surface area contributed by atoms with Crippen molar-refractivity contribution in [1.82, 2.24) is 5.32 Å². The second kappa shape index (κ2) is 8.96. The van der Waals surface area contributed by atoms with Crippen LogP contribution in [0.3, 0.4) is 0 Å². The number of allylic oxidation sites excluding steroid dienone is 4. The Morgan fingerprint density at radius 3 is 2.55 bits per heavy atom. The molecule has 0 atom stereocenters. The highest BCUT2D eigenvalue weighted by atomic mass is 19.1. The van der Waals surface area contributed by atoms with Crippen LogP contribution >= 0.6 is 0 Å². The molecule has 1 amide bonds. The standard InChI is InChI=1S/C26H21F2NO2/c1-17-24(26(30)29-16-18-12-21(27)15-22(28)13-18)10-5-11-25(17)31-23-9-4-8-20(14-23)19-6-2-3-7-19/h2,4-15H,3,16H2,1H3,(H,29,30). The van der Waals surface area contributed by atoms with E-state index in [1.54, 1.807) is 25.1 Å².